The molecule has 150 valence electrons. The van der Waals surface area contributed by atoms with Gasteiger partial charge in [0.25, 0.3) is 5.91 Å². The van der Waals surface area contributed by atoms with Crippen molar-refractivity contribution in [3.05, 3.63) is 29.8 Å². The molecule has 1 aromatic rings. The number of rotatable bonds is 5. The molecule has 0 saturated carbocycles. The molecule has 1 N–H and O–H groups in total. The van der Waals surface area contributed by atoms with Gasteiger partial charge in [0, 0.05) is 32.7 Å². The molecule has 2 atom stereocenters. The normalized spacial score (nSPS) is 20.7. The first-order valence-electron chi connectivity index (χ1n) is 9.62. The second-order valence-corrected chi connectivity index (χ2v) is 7.10. The smallest absolute Gasteiger partial charge is 0.263 e. The summed E-state index contributed by atoms with van der Waals surface area (Å²) in [7, 11) is 0. The molecule has 3 rings (SSSR count). The fourth-order valence-corrected chi connectivity index (χ4v) is 3.59. The van der Waals surface area contributed by atoms with E-state index in [-0.39, 0.29) is 30.1 Å². The van der Waals surface area contributed by atoms with Crippen LogP contribution in [0, 0.1) is 5.92 Å². The van der Waals surface area contributed by atoms with Crippen molar-refractivity contribution in [1.29, 1.82) is 0 Å². The largest absolute Gasteiger partial charge is 0.481 e. The van der Waals surface area contributed by atoms with Gasteiger partial charge in [-0.15, -0.1) is 12.4 Å². The second kappa shape index (κ2) is 9.95. The third-order valence-corrected chi connectivity index (χ3v) is 5.30. The lowest BCUT2D eigenvalue weighted by atomic mass is 10.1. The molecule has 0 radical (unpaired) electrons. The van der Waals surface area contributed by atoms with Crippen LogP contribution in [0.15, 0.2) is 24.3 Å². The number of halogens is 1. The van der Waals surface area contributed by atoms with Crippen LogP contribution in [0.3, 0.4) is 0 Å². The van der Waals surface area contributed by atoms with Crippen molar-refractivity contribution in [3.8, 4) is 5.75 Å². The minimum atomic E-state index is -0.524. The lowest BCUT2D eigenvalue weighted by Crippen LogP contribution is -2.54. The molecule has 0 bridgehead atoms. The van der Waals surface area contributed by atoms with Gasteiger partial charge in [-0.25, -0.2) is 0 Å². The summed E-state index contributed by atoms with van der Waals surface area (Å²) in [6.45, 7) is 7.97. The van der Waals surface area contributed by atoms with Crippen molar-refractivity contribution in [1.82, 2.24) is 15.1 Å². The van der Waals surface area contributed by atoms with Crippen LogP contribution in [0.4, 0.5) is 0 Å². The van der Waals surface area contributed by atoms with Gasteiger partial charge in [-0.1, -0.05) is 19.1 Å². The van der Waals surface area contributed by atoms with Crippen LogP contribution in [0.2, 0.25) is 0 Å². The highest BCUT2D eigenvalue weighted by atomic mass is 35.5. The van der Waals surface area contributed by atoms with Crippen LogP contribution < -0.4 is 10.1 Å². The molecule has 27 heavy (non-hydrogen) atoms. The van der Waals surface area contributed by atoms with Gasteiger partial charge in [-0.3, -0.25) is 9.59 Å². The summed E-state index contributed by atoms with van der Waals surface area (Å²) >= 11 is 0. The first-order valence-corrected chi connectivity index (χ1v) is 9.62. The van der Waals surface area contributed by atoms with Crippen LogP contribution in [-0.4, -0.2) is 67.0 Å². The highest BCUT2D eigenvalue weighted by Crippen LogP contribution is 2.17. The van der Waals surface area contributed by atoms with Gasteiger partial charge >= 0.3 is 0 Å². The maximum absolute atomic E-state index is 12.6. The van der Waals surface area contributed by atoms with Gasteiger partial charge in [0.15, 0.2) is 6.10 Å². The number of hydrogen-bond donors (Lipinski definition) is 1. The highest BCUT2D eigenvalue weighted by Gasteiger charge is 2.31. The molecule has 2 heterocycles. The summed E-state index contributed by atoms with van der Waals surface area (Å²) in [6.07, 6.45) is 1.37. The number of aryl methyl sites for hydroxylation is 1. The second-order valence-electron chi connectivity index (χ2n) is 7.10. The topological polar surface area (TPSA) is 61.9 Å². The molecule has 2 aliphatic rings. The van der Waals surface area contributed by atoms with Gasteiger partial charge in [-0.05, 0) is 44.0 Å². The number of nitrogens with one attached hydrogen (secondary N) is 1. The molecule has 7 heteroatoms. The summed E-state index contributed by atoms with van der Waals surface area (Å²) in [5.74, 6) is 1.03. The van der Waals surface area contributed by atoms with Gasteiger partial charge in [0.2, 0.25) is 5.91 Å². The fraction of sp³-hybridized carbons (Fsp3) is 0.600. The average molecular weight is 396 g/mol. The molecule has 0 aromatic heterocycles. The Kier molecular flexibility index (Phi) is 7.92. The SMILES string of the molecule is CCc1ccc(OC(C)C(=O)N2CCN(C(=O)C3CCNC3)CC2)cc1.Cl. The van der Waals surface area contributed by atoms with Gasteiger partial charge in [0.05, 0.1) is 5.92 Å². The maximum Gasteiger partial charge on any atom is 0.263 e. The van der Waals surface area contributed by atoms with E-state index in [9.17, 15) is 9.59 Å². The molecule has 0 spiro atoms. The van der Waals surface area contributed by atoms with E-state index in [1.54, 1.807) is 6.92 Å². The Labute approximate surface area is 167 Å². The van der Waals surface area contributed by atoms with Crippen molar-refractivity contribution in [2.24, 2.45) is 5.92 Å². The molecule has 0 aliphatic carbocycles. The van der Waals surface area contributed by atoms with E-state index in [0.29, 0.717) is 31.9 Å². The van der Waals surface area contributed by atoms with Crippen LogP contribution in [0.25, 0.3) is 0 Å². The van der Waals surface area contributed by atoms with Crippen molar-refractivity contribution in [3.63, 3.8) is 0 Å². The summed E-state index contributed by atoms with van der Waals surface area (Å²) in [5.41, 5.74) is 1.24. The standard InChI is InChI=1S/C20H29N3O3.ClH/c1-3-16-4-6-18(7-5-16)26-15(2)19(24)22-10-12-23(13-11-22)20(25)17-8-9-21-14-17;/h4-7,15,17,21H,3,8-14H2,1-2H3;1H. The summed E-state index contributed by atoms with van der Waals surface area (Å²) in [4.78, 5) is 28.8. The minimum Gasteiger partial charge on any atom is -0.481 e. The van der Waals surface area contributed by atoms with E-state index in [0.717, 1.165) is 25.9 Å². The molecule has 2 unspecified atom stereocenters. The number of piperazine rings is 1. The highest BCUT2D eigenvalue weighted by molar-refractivity contribution is 5.85. The Morgan fingerprint density at radius 3 is 2.33 bits per heavy atom. The number of hydrogen-bond acceptors (Lipinski definition) is 4. The van der Waals surface area contributed by atoms with E-state index in [4.69, 9.17) is 4.74 Å². The number of amides is 2. The maximum atomic E-state index is 12.6. The number of ether oxygens (including phenoxy) is 1. The predicted octanol–water partition coefficient (Wildman–Crippen LogP) is 1.72. The zero-order valence-corrected chi connectivity index (χ0v) is 17.0. The number of nitrogens with zero attached hydrogens (tertiary/aromatic N) is 2. The van der Waals surface area contributed by atoms with E-state index < -0.39 is 6.10 Å². The number of benzene rings is 1. The van der Waals surface area contributed by atoms with Gasteiger partial charge in [-0.2, -0.15) is 0 Å². The molecule has 1 aromatic carbocycles. The van der Waals surface area contributed by atoms with E-state index in [1.807, 2.05) is 34.1 Å². The molecular weight excluding hydrogens is 366 g/mol. The van der Waals surface area contributed by atoms with Crippen molar-refractivity contribution in [2.45, 2.75) is 32.8 Å². The van der Waals surface area contributed by atoms with Crippen molar-refractivity contribution in [2.75, 3.05) is 39.3 Å². The first-order chi connectivity index (χ1) is 12.6. The predicted molar refractivity (Wildman–Crippen MR) is 107 cm³/mol. The third-order valence-electron chi connectivity index (χ3n) is 5.30. The molecule has 2 fully saturated rings. The lowest BCUT2D eigenvalue weighted by Gasteiger charge is -2.36. The van der Waals surface area contributed by atoms with Crippen molar-refractivity contribution >= 4 is 24.2 Å². The molecule has 2 amide bonds. The fourth-order valence-electron chi connectivity index (χ4n) is 3.59. The third kappa shape index (κ3) is 5.36. The summed E-state index contributed by atoms with van der Waals surface area (Å²) in [6, 6.07) is 7.87. The molecule has 2 saturated heterocycles. The molecular formula is C20H30ClN3O3. The Hall–Kier alpha value is -1.79. The monoisotopic (exact) mass is 395 g/mol. The Balaban J connectivity index is 0.00000261. The number of carbonyl (C=O) groups excluding carboxylic acids is 2. The Bertz CT molecular complexity index is 624. The zero-order valence-electron chi connectivity index (χ0n) is 16.1. The van der Waals surface area contributed by atoms with Gasteiger partial charge < -0.3 is 19.9 Å². The summed E-state index contributed by atoms with van der Waals surface area (Å²) in [5, 5.41) is 3.24. The first kappa shape index (κ1) is 21.5. The van der Waals surface area contributed by atoms with Crippen LogP contribution in [0.5, 0.6) is 5.75 Å². The zero-order chi connectivity index (χ0) is 18.5. The van der Waals surface area contributed by atoms with E-state index in [2.05, 4.69) is 12.2 Å². The minimum absolute atomic E-state index is 0. The van der Waals surface area contributed by atoms with Crippen LogP contribution in [0.1, 0.15) is 25.8 Å². The summed E-state index contributed by atoms with van der Waals surface area (Å²) < 4.78 is 5.80. The Morgan fingerprint density at radius 1 is 1.15 bits per heavy atom. The van der Waals surface area contributed by atoms with Crippen LogP contribution in [-0.2, 0) is 16.0 Å². The van der Waals surface area contributed by atoms with E-state index >= 15 is 0 Å². The van der Waals surface area contributed by atoms with E-state index in [1.165, 1.54) is 5.56 Å². The average Bonchev–Trinajstić information content (AvgIpc) is 3.22. The van der Waals surface area contributed by atoms with Gasteiger partial charge in [0.1, 0.15) is 5.75 Å². The Morgan fingerprint density at radius 2 is 1.78 bits per heavy atom. The molecule has 2 aliphatic heterocycles. The van der Waals surface area contributed by atoms with Crippen LogP contribution >= 0.6 is 12.4 Å². The molecule has 6 nitrogen and oxygen atoms in total. The number of carbonyl (C=O) groups is 2. The van der Waals surface area contributed by atoms with Crippen molar-refractivity contribution < 1.29 is 14.3 Å². The lowest BCUT2D eigenvalue weighted by molar-refractivity contribution is -0.145. The quantitative estimate of drug-likeness (QED) is 0.824.